The van der Waals surface area contributed by atoms with E-state index in [-0.39, 0.29) is 41.6 Å². The molecular formula is C44H47ClF2N2O5. The van der Waals surface area contributed by atoms with Gasteiger partial charge in [0, 0.05) is 47.9 Å². The lowest BCUT2D eigenvalue weighted by Crippen LogP contribution is -2.41. The van der Waals surface area contributed by atoms with Crippen LogP contribution in [0.4, 0.5) is 8.78 Å². The Bertz CT molecular complexity index is 1900. The molecule has 54 heavy (non-hydrogen) atoms. The van der Waals surface area contributed by atoms with Gasteiger partial charge >= 0.3 is 5.97 Å². The molecule has 0 aliphatic carbocycles. The van der Waals surface area contributed by atoms with E-state index in [0.717, 1.165) is 38.2 Å². The highest BCUT2D eigenvalue weighted by Gasteiger charge is 2.22. The smallest absolute Gasteiger partial charge is 0.335 e. The maximum Gasteiger partial charge on any atom is 0.335 e. The van der Waals surface area contributed by atoms with Crippen molar-refractivity contribution in [1.82, 2.24) is 5.32 Å². The van der Waals surface area contributed by atoms with Crippen LogP contribution in [0.5, 0.6) is 0 Å². The van der Waals surface area contributed by atoms with Crippen LogP contribution in [0.15, 0.2) is 97.1 Å². The molecule has 4 aromatic carbocycles. The van der Waals surface area contributed by atoms with Gasteiger partial charge in [0.25, 0.3) is 5.91 Å². The van der Waals surface area contributed by atoms with E-state index < -0.39 is 5.97 Å². The van der Waals surface area contributed by atoms with E-state index in [1.165, 1.54) is 37.1 Å². The van der Waals surface area contributed by atoms with Crippen molar-refractivity contribution in [1.29, 1.82) is 0 Å². The summed E-state index contributed by atoms with van der Waals surface area (Å²) in [5.41, 5.74) is 8.53. The Morgan fingerprint density at radius 1 is 0.704 bits per heavy atom. The third-order valence-electron chi connectivity index (χ3n) is 8.91. The monoisotopic (exact) mass is 756 g/mol. The highest BCUT2D eigenvalue weighted by Crippen LogP contribution is 2.18. The summed E-state index contributed by atoms with van der Waals surface area (Å²) in [5.74, 6) is 10.4. The van der Waals surface area contributed by atoms with Gasteiger partial charge in [0.2, 0.25) is 0 Å². The van der Waals surface area contributed by atoms with Crippen LogP contribution in [0.25, 0.3) is 0 Å². The zero-order valence-corrected chi connectivity index (χ0v) is 31.3. The number of hydrogen-bond donors (Lipinski definition) is 3. The summed E-state index contributed by atoms with van der Waals surface area (Å²) in [6.45, 7) is 7.39. The van der Waals surface area contributed by atoms with Gasteiger partial charge in [0.15, 0.2) is 0 Å². The zero-order chi connectivity index (χ0) is 38.0. The van der Waals surface area contributed by atoms with E-state index in [2.05, 4.69) is 35.9 Å². The molecule has 6 rings (SSSR count). The van der Waals surface area contributed by atoms with Crippen LogP contribution in [0.3, 0.4) is 0 Å². The first-order valence-corrected chi connectivity index (χ1v) is 17.8. The van der Waals surface area contributed by atoms with Crippen LogP contribution in [0, 0.1) is 47.2 Å². The highest BCUT2D eigenvalue weighted by molar-refractivity contribution is 5.94. The maximum absolute atomic E-state index is 13.6. The summed E-state index contributed by atoms with van der Waals surface area (Å²) in [6.07, 6.45) is 4.55. The van der Waals surface area contributed by atoms with Crippen LogP contribution in [0.1, 0.15) is 82.5 Å². The van der Waals surface area contributed by atoms with Crippen LogP contribution in [0.2, 0.25) is 0 Å². The van der Waals surface area contributed by atoms with Crippen molar-refractivity contribution in [2.75, 3.05) is 26.4 Å². The molecule has 284 valence electrons. The quantitative estimate of drug-likeness (QED) is 0.179. The van der Waals surface area contributed by atoms with E-state index in [1.54, 1.807) is 72.8 Å². The third-order valence-corrected chi connectivity index (χ3v) is 8.91. The molecule has 4 N–H and O–H groups in total. The van der Waals surface area contributed by atoms with Crippen molar-refractivity contribution in [2.45, 2.75) is 51.6 Å². The van der Waals surface area contributed by atoms with Crippen LogP contribution < -0.4 is 11.1 Å². The second-order valence-electron chi connectivity index (χ2n) is 13.0. The molecule has 2 heterocycles. The maximum atomic E-state index is 13.6. The van der Waals surface area contributed by atoms with Crippen molar-refractivity contribution in [2.24, 2.45) is 17.6 Å². The molecule has 7 nitrogen and oxygen atoms in total. The molecule has 4 aromatic rings. The largest absolute Gasteiger partial charge is 0.478 e. The van der Waals surface area contributed by atoms with Crippen LogP contribution in [-0.2, 0) is 9.47 Å². The van der Waals surface area contributed by atoms with Gasteiger partial charge in [0.1, 0.15) is 11.6 Å². The Kier molecular flexibility index (Phi) is 18.4. The molecule has 2 aliphatic rings. The van der Waals surface area contributed by atoms with Gasteiger partial charge in [-0.15, -0.1) is 12.4 Å². The fourth-order valence-corrected chi connectivity index (χ4v) is 5.55. The van der Waals surface area contributed by atoms with Gasteiger partial charge in [-0.25, -0.2) is 13.6 Å². The van der Waals surface area contributed by atoms with Gasteiger partial charge in [-0.1, -0.05) is 47.9 Å². The van der Waals surface area contributed by atoms with E-state index in [0.29, 0.717) is 46.7 Å². The summed E-state index contributed by atoms with van der Waals surface area (Å²) < 4.78 is 37.6. The minimum atomic E-state index is -0.983. The normalized spacial score (nSPS) is 17.0. The topological polar surface area (TPSA) is 111 Å². The van der Waals surface area contributed by atoms with E-state index in [1.807, 2.05) is 6.92 Å². The summed E-state index contributed by atoms with van der Waals surface area (Å²) in [7, 11) is 0. The minimum absolute atomic E-state index is 0. The molecule has 2 aliphatic heterocycles. The molecule has 4 atom stereocenters. The first-order chi connectivity index (χ1) is 25.6. The Morgan fingerprint density at radius 2 is 1.15 bits per heavy atom. The predicted octanol–water partition coefficient (Wildman–Crippen LogP) is 7.88. The second-order valence-corrected chi connectivity index (χ2v) is 13.0. The van der Waals surface area contributed by atoms with Crippen LogP contribution in [-0.4, -0.2) is 55.5 Å². The number of ether oxygens (including phenoxy) is 2. The first-order valence-electron chi connectivity index (χ1n) is 17.8. The lowest BCUT2D eigenvalue weighted by atomic mass is 9.94. The van der Waals surface area contributed by atoms with Crippen molar-refractivity contribution >= 4 is 24.3 Å². The average molecular weight is 757 g/mol. The summed E-state index contributed by atoms with van der Waals surface area (Å²) in [4.78, 5) is 23.0. The zero-order valence-electron chi connectivity index (χ0n) is 30.5. The molecular weight excluding hydrogens is 710 g/mol. The molecule has 2 fully saturated rings. The van der Waals surface area contributed by atoms with Gasteiger partial charge in [0.05, 0.1) is 29.9 Å². The Hall–Kier alpha value is -5.03. The number of hydrogen-bond acceptors (Lipinski definition) is 5. The van der Waals surface area contributed by atoms with Gasteiger partial charge < -0.3 is 25.6 Å². The van der Waals surface area contributed by atoms with Crippen molar-refractivity contribution < 1.29 is 33.0 Å². The second kappa shape index (κ2) is 22.9. The predicted molar refractivity (Wildman–Crippen MR) is 210 cm³/mol. The highest BCUT2D eigenvalue weighted by atomic mass is 35.5. The van der Waals surface area contributed by atoms with Gasteiger partial charge in [-0.05, 0) is 118 Å². The fraction of sp³-hybridized carbons (Fsp3) is 0.318. The number of aromatic carboxylic acids is 1. The van der Waals surface area contributed by atoms with E-state index >= 15 is 0 Å². The number of amides is 1. The van der Waals surface area contributed by atoms with Gasteiger partial charge in [-0.3, -0.25) is 4.79 Å². The number of halogens is 3. The van der Waals surface area contributed by atoms with E-state index in [9.17, 15) is 18.4 Å². The Labute approximate surface area is 323 Å². The molecule has 10 heteroatoms. The molecule has 0 bridgehead atoms. The fourth-order valence-electron chi connectivity index (χ4n) is 5.55. The van der Waals surface area contributed by atoms with Gasteiger partial charge in [-0.2, -0.15) is 0 Å². The number of carbonyl (C=O) groups is 2. The molecule has 4 unspecified atom stereocenters. The molecule has 0 saturated carbocycles. The standard InChI is InChI=1S/C22H22FNO2.C15H9FO2.C7H15NO.ClH/c1-16(20-6-4-14-26-15-20)24-22(25)19-12-9-17(10-13-19)8-11-18-5-2-3-7-21(18)23;16-14-4-2-1-3-12(14)8-5-11-6-9-13(10-7-11)15(17)18;1-6(8)7-3-2-4-9-5-7;/h2-3,5,7,9-10,12-13,16,20H,4,6,14-15H2,1H3,(H,24,25);1-4,6-7,9-10H,(H,17,18);6-7H,2-5,8H2,1H3;1H. The number of nitrogens with one attached hydrogen (secondary N) is 1. The molecule has 2 saturated heterocycles. The Morgan fingerprint density at radius 3 is 1.54 bits per heavy atom. The summed E-state index contributed by atoms with van der Waals surface area (Å²) in [5, 5.41) is 11.8. The molecule has 1 amide bonds. The molecule has 0 spiro atoms. The van der Waals surface area contributed by atoms with Crippen molar-refractivity contribution in [3.63, 3.8) is 0 Å². The number of rotatable bonds is 5. The number of carboxylic acids is 1. The number of carbonyl (C=O) groups excluding carboxylic acids is 1. The number of benzene rings is 4. The number of nitrogens with two attached hydrogens (primary N) is 1. The SMILES string of the molecule is CC(N)C1CCCOC1.CC(NC(=O)c1ccc(C#Cc2ccccc2F)cc1)C1CCCOC1.Cl.O=C(O)c1ccc(C#Cc2ccccc2F)cc1. The van der Waals surface area contributed by atoms with E-state index in [4.69, 9.17) is 20.3 Å². The molecule has 0 radical (unpaired) electrons. The first kappa shape index (κ1) is 43.4. The lowest BCUT2D eigenvalue weighted by Gasteiger charge is -2.28. The van der Waals surface area contributed by atoms with Crippen molar-refractivity contribution in [3.8, 4) is 23.7 Å². The number of carboxylic acid groups (broad SMARTS) is 1. The summed E-state index contributed by atoms with van der Waals surface area (Å²) in [6, 6.07) is 26.2. The average Bonchev–Trinajstić information content (AvgIpc) is 3.19. The lowest BCUT2D eigenvalue weighted by molar-refractivity contribution is 0.0409. The summed E-state index contributed by atoms with van der Waals surface area (Å²) >= 11 is 0. The Balaban J connectivity index is 0.000000242. The third kappa shape index (κ3) is 14.4. The van der Waals surface area contributed by atoms with Crippen LogP contribution >= 0.6 is 12.4 Å². The van der Waals surface area contributed by atoms with Crippen molar-refractivity contribution in [3.05, 3.63) is 142 Å². The minimum Gasteiger partial charge on any atom is -0.478 e. The molecule has 0 aromatic heterocycles.